The van der Waals surface area contributed by atoms with Gasteiger partial charge in [0.05, 0.1) is 11.4 Å². The van der Waals surface area contributed by atoms with Crippen LogP contribution in [-0.2, 0) is 11.8 Å². The molecule has 1 aromatic carbocycles. The van der Waals surface area contributed by atoms with Gasteiger partial charge >= 0.3 is 0 Å². The Morgan fingerprint density at radius 1 is 1.28 bits per heavy atom. The SMILES string of the molecule is CCN(CC)C(=O)[C@H]1CCCN(C(=O)c2ccc3c(c2)nnn3C)C1. The number of hydrogen-bond acceptors (Lipinski definition) is 4. The van der Waals surface area contributed by atoms with Crippen molar-refractivity contribution < 1.29 is 9.59 Å². The van der Waals surface area contributed by atoms with Gasteiger partial charge < -0.3 is 9.80 Å². The molecule has 0 radical (unpaired) electrons. The van der Waals surface area contributed by atoms with E-state index in [-0.39, 0.29) is 17.7 Å². The third-order valence-electron chi connectivity index (χ3n) is 4.99. The summed E-state index contributed by atoms with van der Waals surface area (Å²) in [6.45, 7) is 6.59. The van der Waals surface area contributed by atoms with E-state index in [1.807, 2.05) is 37.9 Å². The van der Waals surface area contributed by atoms with Gasteiger partial charge in [0, 0.05) is 38.8 Å². The minimum absolute atomic E-state index is 0.0374. The highest BCUT2D eigenvalue weighted by molar-refractivity contribution is 5.97. The Kier molecular flexibility index (Phi) is 5.01. The zero-order valence-corrected chi connectivity index (χ0v) is 15.1. The van der Waals surface area contributed by atoms with Gasteiger partial charge in [0.1, 0.15) is 5.52 Å². The van der Waals surface area contributed by atoms with Crippen molar-refractivity contribution in [2.24, 2.45) is 13.0 Å². The summed E-state index contributed by atoms with van der Waals surface area (Å²) in [5, 5.41) is 8.05. The minimum atomic E-state index is -0.0992. The Balaban J connectivity index is 1.75. The van der Waals surface area contributed by atoms with E-state index in [1.165, 1.54) is 0 Å². The maximum absolute atomic E-state index is 12.9. The number of hydrogen-bond donors (Lipinski definition) is 0. The minimum Gasteiger partial charge on any atom is -0.343 e. The van der Waals surface area contributed by atoms with Crippen LogP contribution in [0.5, 0.6) is 0 Å². The van der Waals surface area contributed by atoms with Crippen LogP contribution < -0.4 is 0 Å². The van der Waals surface area contributed by atoms with Crippen LogP contribution in [0.15, 0.2) is 18.2 Å². The molecule has 0 saturated carbocycles. The van der Waals surface area contributed by atoms with Gasteiger partial charge in [-0.15, -0.1) is 5.10 Å². The molecule has 7 nitrogen and oxygen atoms in total. The number of aryl methyl sites for hydroxylation is 1. The van der Waals surface area contributed by atoms with Gasteiger partial charge in [-0.1, -0.05) is 5.21 Å². The molecule has 2 heterocycles. The molecule has 0 N–H and O–H groups in total. The van der Waals surface area contributed by atoms with Crippen molar-refractivity contribution in [3.05, 3.63) is 23.8 Å². The van der Waals surface area contributed by atoms with Crippen LogP contribution in [0.3, 0.4) is 0 Å². The average Bonchev–Trinajstić information content (AvgIpc) is 3.02. The molecule has 1 aliphatic rings. The van der Waals surface area contributed by atoms with Crippen LogP contribution in [0.25, 0.3) is 11.0 Å². The topological polar surface area (TPSA) is 71.3 Å². The molecule has 3 rings (SSSR count). The Labute approximate surface area is 147 Å². The number of rotatable bonds is 4. The van der Waals surface area contributed by atoms with Crippen molar-refractivity contribution in [2.45, 2.75) is 26.7 Å². The fraction of sp³-hybridized carbons (Fsp3) is 0.556. The van der Waals surface area contributed by atoms with Gasteiger partial charge in [0.25, 0.3) is 5.91 Å². The Morgan fingerprint density at radius 3 is 2.76 bits per heavy atom. The number of fused-ring (bicyclic) bond motifs is 1. The fourth-order valence-electron chi connectivity index (χ4n) is 3.51. The number of carbonyl (C=O) groups is 2. The highest BCUT2D eigenvalue weighted by Gasteiger charge is 2.30. The standard InChI is InChI=1S/C18H25N5O2/c1-4-22(5-2)18(25)14-7-6-10-23(12-14)17(24)13-8-9-16-15(11-13)19-20-21(16)3/h8-9,11,14H,4-7,10,12H2,1-3H3/t14-/m0/s1. The van der Waals surface area contributed by atoms with E-state index in [4.69, 9.17) is 0 Å². The number of likely N-dealkylation sites (tertiary alicyclic amines) is 1. The van der Waals surface area contributed by atoms with Gasteiger partial charge in [0.15, 0.2) is 0 Å². The first-order valence-corrected chi connectivity index (χ1v) is 8.92. The van der Waals surface area contributed by atoms with Crippen molar-refractivity contribution in [2.75, 3.05) is 26.2 Å². The molecule has 0 aliphatic carbocycles. The predicted octanol–water partition coefficient (Wildman–Crippen LogP) is 1.69. The van der Waals surface area contributed by atoms with Crippen molar-refractivity contribution in [1.82, 2.24) is 24.8 Å². The van der Waals surface area contributed by atoms with Gasteiger partial charge in [0.2, 0.25) is 5.91 Å². The third-order valence-corrected chi connectivity index (χ3v) is 4.99. The average molecular weight is 343 g/mol. The molecule has 2 aromatic rings. The van der Waals surface area contributed by atoms with Gasteiger partial charge in [-0.2, -0.15) is 0 Å². The van der Waals surface area contributed by atoms with E-state index >= 15 is 0 Å². The van der Waals surface area contributed by atoms with Crippen LogP contribution in [0, 0.1) is 5.92 Å². The van der Waals surface area contributed by atoms with Crippen LogP contribution in [0.2, 0.25) is 0 Å². The summed E-state index contributed by atoms with van der Waals surface area (Å²) < 4.78 is 1.68. The summed E-state index contributed by atoms with van der Waals surface area (Å²) >= 11 is 0. The predicted molar refractivity (Wildman–Crippen MR) is 95.1 cm³/mol. The smallest absolute Gasteiger partial charge is 0.253 e. The number of aromatic nitrogens is 3. The number of carbonyl (C=O) groups excluding carboxylic acids is 2. The lowest BCUT2D eigenvalue weighted by Crippen LogP contribution is -2.46. The maximum Gasteiger partial charge on any atom is 0.253 e. The Bertz CT molecular complexity index is 781. The molecule has 1 saturated heterocycles. The highest BCUT2D eigenvalue weighted by atomic mass is 16.2. The van der Waals surface area contributed by atoms with Crippen LogP contribution in [-0.4, -0.2) is 62.8 Å². The monoisotopic (exact) mass is 343 g/mol. The molecule has 1 aliphatic heterocycles. The highest BCUT2D eigenvalue weighted by Crippen LogP contribution is 2.22. The first-order chi connectivity index (χ1) is 12.0. The number of benzene rings is 1. The summed E-state index contributed by atoms with van der Waals surface area (Å²) in [5.41, 5.74) is 2.20. The number of amides is 2. The molecule has 1 aromatic heterocycles. The molecule has 0 unspecified atom stereocenters. The first kappa shape index (κ1) is 17.4. The van der Waals surface area contributed by atoms with Crippen molar-refractivity contribution >= 4 is 22.8 Å². The second-order valence-electron chi connectivity index (χ2n) is 6.52. The quantitative estimate of drug-likeness (QED) is 0.847. The zero-order chi connectivity index (χ0) is 18.0. The summed E-state index contributed by atoms with van der Waals surface area (Å²) in [4.78, 5) is 29.1. The lowest BCUT2D eigenvalue weighted by atomic mass is 9.95. The Morgan fingerprint density at radius 2 is 2.04 bits per heavy atom. The maximum atomic E-state index is 12.9. The first-order valence-electron chi connectivity index (χ1n) is 8.92. The largest absolute Gasteiger partial charge is 0.343 e. The molecule has 0 bridgehead atoms. The van der Waals surface area contributed by atoms with Crippen LogP contribution in [0.4, 0.5) is 0 Å². The summed E-state index contributed by atoms with van der Waals surface area (Å²) in [7, 11) is 1.82. The third kappa shape index (κ3) is 3.36. The second kappa shape index (κ2) is 7.21. The second-order valence-corrected chi connectivity index (χ2v) is 6.52. The molecular weight excluding hydrogens is 318 g/mol. The summed E-state index contributed by atoms with van der Waals surface area (Å²) in [6, 6.07) is 5.45. The van der Waals surface area contributed by atoms with Crippen molar-refractivity contribution in [1.29, 1.82) is 0 Å². The van der Waals surface area contributed by atoms with Gasteiger partial charge in [-0.3, -0.25) is 9.59 Å². The van der Waals surface area contributed by atoms with E-state index in [2.05, 4.69) is 10.3 Å². The van der Waals surface area contributed by atoms with E-state index in [9.17, 15) is 9.59 Å². The van der Waals surface area contributed by atoms with Crippen LogP contribution >= 0.6 is 0 Å². The lowest BCUT2D eigenvalue weighted by Gasteiger charge is -2.34. The van der Waals surface area contributed by atoms with E-state index in [0.29, 0.717) is 37.3 Å². The van der Waals surface area contributed by atoms with Gasteiger partial charge in [-0.25, -0.2) is 4.68 Å². The molecule has 2 amide bonds. The van der Waals surface area contributed by atoms with Crippen LogP contribution in [0.1, 0.15) is 37.0 Å². The molecule has 134 valence electrons. The van der Waals surface area contributed by atoms with Crippen molar-refractivity contribution in [3.8, 4) is 0 Å². The lowest BCUT2D eigenvalue weighted by molar-refractivity contribution is -0.136. The summed E-state index contributed by atoms with van der Waals surface area (Å²) in [6.07, 6.45) is 1.71. The van der Waals surface area contributed by atoms with E-state index in [0.717, 1.165) is 18.4 Å². The van der Waals surface area contributed by atoms with E-state index in [1.54, 1.807) is 15.6 Å². The molecule has 7 heteroatoms. The molecule has 1 atom stereocenters. The Hall–Kier alpha value is -2.44. The number of piperidine rings is 1. The normalized spacial score (nSPS) is 17.7. The molecule has 1 fully saturated rings. The molecule has 25 heavy (non-hydrogen) atoms. The van der Waals surface area contributed by atoms with Gasteiger partial charge in [-0.05, 0) is 44.9 Å². The fourth-order valence-corrected chi connectivity index (χ4v) is 3.51. The zero-order valence-electron chi connectivity index (χ0n) is 15.1. The van der Waals surface area contributed by atoms with E-state index < -0.39 is 0 Å². The van der Waals surface area contributed by atoms with Crippen molar-refractivity contribution in [3.63, 3.8) is 0 Å². The molecular formula is C18H25N5O2. The number of nitrogens with zero attached hydrogens (tertiary/aromatic N) is 5. The summed E-state index contributed by atoms with van der Waals surface area (Å²) in [5.74, 6) is 0.0225. The molecule has 0 spiro atoms.